The Bertz CT molecular complexity index is 761. The van der Waals surface area contributed by atoms with Crippen molar-refractivity contribution in [3.63, 3.8) is 0 Å². The van der Waals surface area contributed by atoms with Crippen LogP contribution in [0.15, 0.2) is 53.0 Å². The molecule has 2 atom stereocenters. The maximum absolute atomic E-state index is 12.6. The smallest absolute Gasteiger partial charge is 0.314 e. The average Bonchev–Trinajstić information content (AvgIpc) is 2.63. The molecule has 0 radical (unpaired) electrons. The second-order valence-electron chi connectivity index (χ2n) is 6.39. The van der Waals surface area contributed by atoms with Crippen molar-refractivity contribution >= 4 is 33.5 Å². The molecule has 0 aliphatic carbocycles. The molecule has 0 fully saturated rings. The minimum absolute atomic E-state index is 0.127. The van der Waals surface area contributed by atoms with Gasteiger partial charge in [-0.05, 0) is 42.2 Å². The summed E-state index contributed by atoms with van der Waals surface area (Å²) in [5.74, 6) is -0.960. The van der Waals surface area contributed by atoms with E-state index in [1.165, 1.54) is 0 Å². The molecule has 4 nitrogen and oxygen atoms in total. The number of hydrogen-bond acceptors (Lipinski definition) is 3. The summed E-state index contributed by atoms with van der Waals surface area (Å²) in [4.78, 5) is 24.8. The Labute approximate surface area is 163 Å². The first-order chi connectivity index (χ1) is 12.4. The minimum Gasteiger partial charge on any atom is -0.455 e. The summed E-state index contributed by atoms with van der Waals surface area (Å²) in [6.07, 6.45) is 0.846. The van der Waals surface area contributed by atoms with E-state index in [0.29, 0.717) is 5.69 Å². The van der Waals surface area contributed by atoms with Crippen LogP contribution in [0.5, 0.6) is 0 Å². The van der Waals surface area contributed by atoms with E-state index in [1.807, 2.05) is 69.3 Å². The van der Waals surface area contributed by atoms with Gasteiger partial charge in [0.2, 0.25) is 0 Å². The fourth-order valence-corrected chi connectivity index (χ4v) is 3.25. The number of ether oxygens (including phenoxy) is 1. The van der Waals surface area contributed by atoms with E-state index >= 15 is 0 Å². The number of aryl methyl sites for hydroxylation is 1. The third kappa shape index (κ3) is 5.43. The fourth-order valence-electron chi connectivity index (χ4n) is 2.77. The van der Waals surface area contributed by atoms with Crippen LogP contribution in [0.25, 0.3) is 0 Å². The number of hydrogen-bond donors (Lipinski definition) is 1. The van der Waals surface area contributed by atoms with E-state index in [9.17, 15) is 9.59 Å². The van der Waals surface area contributed by atoms with Gasteiger partial charge >= 0.3 is 5.97 Å². The maximum Gasteiger partial charge on any atom is 0.314 e. The molecule has 0 saturated heterocycles. The molecule has 0 aliphatic heterocycles. The molecule has 138 valence electrons. The van der Waals surface area contributed by atoms with Crippen LogP contribution in [0.3, 0.4) is 0 Å². The number of carbonyl (C=O) groups excluding carboxylic acids is 2. The van der Waals surface area contributed by atoms with E-state index in [-0.39, 0.29) is 30.3 Å². The van der Waals surface area contributed by atoms with Crippen molar-refractivity contribution in [1.82, 2.24) is 0 Å². The molecule has 0 aliphatic rings. The lowest BCUT2D eigenvalue weighted by Gasteiger charge is -2.21. The van der Waals surface area contributed by atoms with E-state index in [1.54, 1.807) is 0 Å². The van der Waals surface area contributed by atoms with Crippen molar-refractivity contribution in [2.45, 2.75) is 33.1 Å². The number of anilines is 1. The highest BCUT2D eigenvalue weighted by molar-refractivity contribution is 9.10. The summed E-state index contributed by atoms with van der Waals surface area (Å²) in [5.41, 5.74) is 2.55. The number of benzene rings is 2. The number of esters is 1. The maximum atomic E-state index is 12.6. The number of rotatable bonds is 7. The lowest BCUT2D eigenvalue weighted by atomic mass is 9.86. The first kappa shape index (κ1) is 20.2. The summed E-state index contributed by atoms with van der Waals surface area (Å²) in [6.45, 7) is 5.66. The molecule has 1 amide bonds. The normalized spacial score (nSPS) is 12.9. The predicted molar refractivity (Wildman–Crippen MR) is 107 cm³/mol. The second-order valence-corrected chi connectivity index (χ2v) is 7.30. The molecule has 1 N–H and O–H groups in total. The van der Waals surface area contributed by atoms with Gasteiger partial charge in [0, 0.05) is 10.2 Å². The Morgan fingerprint density at radius 1 is 1.15 bits per heavy atom. The molecule has 0 spiro atoms. The number of amides is 1. The quantitative estimate of drug-likeness (QED) is 0.639. The summed E-state index contributed by atoms with van der Waals surface area (Å²) in [5, 5.41) is 2.78. The highest BCUT2D eigenvalue weighted by Gasteiger charge is 2.27. The van der Waals surface area contributed by atoms with Crippen LogP contribution < -0.4 is 5.32 Å². The first-order valence-corrected chi connectivity index (χ1v) is 9.49. The predicted octanol–water partition coefficient (Wildman–Crippen LogP) is 5.07. The second kappa shape index (κ2) is 9.53. The van der Waals surface area contributed by atoms with Crippen molar-refractivity contribution in [3.05, 3.63) is 64.1 Å². The van der Waals surface area contributed by atoms with Gasteiger partial charge in [-0.1, -0.05) is 66.5 Å². The van der Waals surface area contributed by atoms with E-state index in [0.717, 1.165) is 22.0 Å². The van der Waals surface area contributed by atoms with Gasteiger partial charge in [-0.3, -0.25) is 9.59 Å². The van der Waals surface area contributed by atoms with Crippen LogP contribution in [0.2, 0.25) is 0 Å². The van der Waals surface area contributed by atoms with Gasteiger partial charge in [0.05, 0.1) is 5.92 Å². The highest BCUT2D eigenvalue weighted by Crippen LogP contribution is 2.28. The average molecular weight is 418 g/mol. The van der Waals surface area contributed by atoms with Crippen LogP contribution in [0.4, 0.5) is 5.69 Å². The number of nitrogens with one attached hydrogen (secondary N) is 1. The van der Waals surface area contributed by atoms with Crippen LogP contribution in [0.1, 0.15) is 37.3 Å². The molecule has 5 heteroatoms. The topological polar surface area (TPSA) is 55.4 Å². The number of carbonyl (C=O) groups is 2. The molecule has 26 heavy (non-hydrogen) atoms. The van der Waals surface area contributed by atoms with Crippen LogP contribution in [0, 0.1) is 12.8 Å². The Balaban J connectivity index is 1.99. The van der Waals surface area contributed by atoms with Crippen LogP contribution in [-0.4, -0.2) is 18.5 Å². The third-order valence-corrected chi connectivity index (χ3v) is 4.93. The van der Waals surface area contributed by atoms with Gasteiger partial charge in [0.25, 0.3) is 5.91 Å². The highest BCUT2D eigenvalue weighted by atomic mass is 79.9. The summed E-state index contributed by atoms with van der Waals surface area (Å²) in [6, 6.07) is 15.1. The van der Waals surface area contributed by atoms with Gasteiger partial charge in [-0.25, -0.2) is 0 Å². The van der Waals surface area contributed by atoms with Gasteiger partial charge in [0.1, 0.15) is 0 Å². The van der Waals surface area contributed by atoms with Gasteiger partial charge in [-0.15, -0.1) is 0 Å². The molecule has 0 saturated carbocycles. The molecule has 2 aromatic rings. The van der Waals surface area contributed by atoms with Crippen molar-refractivity contribution in [3.8, 4) is 0 Å². The largest absolute Gasteiger partial charge is 0.455 e. The van der Waals surface area contributed by atoms with E-state index in [2.05, 4.69) is 21.2 Å². The van der Waals surface area contributed by atoms with Crippen molar-refractivity contribution in [1.29, 1.82) is 0 Å². The van der Waals surface area contributed by atoms with Crippen molar-refractivity contribution in [2.75, 3.05) is 11.9 Å². The molecule has 2 unspecified atom stereocenters. The molecule has 0 heterocycles. The molecule has 0 bridgehead atoms. The Morgan fingerprint density at radius 3 is 2.46 bits per heavy atom. The van der Waals surface area contributed by atoms with Gasteiger partial charge in [0.15, 0.2) is 6.61 Å². The summed E-state index contributed by atoms with van der Waals surface area (Å²) in [7, 11) is 0. The monoisotopic (exact) mass is 417 g/mol. The molecular formula is C21H24BrNO3. The Morgan fingerprint density at radius 2 is 1.85 bits per heavy atom. The summed E-state index contributed by atoms with van der Waals surface area (Å²) >= 11 is 3.39. The molecule has 2 rings (SSSR count). The van der Waals surface area contributed by atoms with Crippen molar-refractivity contribution in [2.24, 2.45) is 5.92 Å². The Hall–Kier alpha value is -2.14. The van der Waals surface area contributed by atoms with Crippen molar-refractivity contribution < 1.29 is 14.3 Å². The zero-order valence-corrected chi connectivity index (χ0v) is 16.9. The molecular weight excluding hydrogens is 394 g/mol. The standard InChI is InChI=1S/C21H24BrNO3/c1-4-14(2)20(16-8-6-5-7-9-16)21(25)26-13-19(24)23-18-11-10-17(22)12-15(18)3/h5-12,14,20H,4,13H2,1-3H3,(H,23,24). The summed E-state index contributed by atoms with van der Waals surface area (Å²) < 4.78 is 6.26. The van der Waals surface area contributed by atoms with E-state index in [4.69, 9.17) is 4.74 Å². The fraction of sp³-hybridized carbons (Fsp3) is 0.333. The minimum atomic E-state index is -0.372. The SMILES string of the molecule is CCC(C)C(C(=O)OCC(=O)Nc1ccc(Br)cc1C)c1ccccc1. The zero-order chi connectivity index (χ0) is 19.1. The third-order valence-electron chi connectivity index (χ3n) is 4.43. The molecule has 0 aromatic heterocycles. The first-order valence-electron chi connectivity index (χ1n) is 8.70. The van der Waals surface area contributed by atoms with Crippen LogP contribution >= 0.6 is 15.9 Å². The lowest BCUT2D eigenvalue weighted by Crippen LogP contribution is -2.27. The van der Waals surface area contributed by atoms with Gasteiger partial charge < -0.3 is 10.1 Å². The van der Waals surface area contributed by atoms with Crippen LogP contribution in [-0.2, 0) is 14.3 Å². The Kier molecular flexibility index (Phi) is 7.39. The number of halogens is 1. The van der Waals surface area contributed by atoms with Gasteiger partial charge in [-0.2, -0.15) is 0 Å². The zero-order valence-electron chi connectivity index (χ0n) is 15.3. The lowest BCUT2D eigenvalue weighted by molar-refractivity contribution is -0.150. The van der Waals surface area contributed by atoms with E-state index < -0.39 is 0 Å². The molecule has 2 aromatic carbocycles.